The lowest BCUT2D eigenvalue weighted by atomic mass is 10.1. The maximum Gasteiger partial charge on any atom is 0.0409 e. The molecule has 0 aliphatic heterocycles. The Hall–Kier alpha value is -1.31. The zero-order chi connectivity index (χ0) is 13.8. The van der Waals surface area contributed by atoms with E-state index in [9.17, 15) is 0 Å². The van der Waals surface area contributed by atoms with Gasteiger partial charge in [0.2, 0.25) is 0 Å². The molecule has 0 bridgehead atoms. The van der Waals surface area contributed by atoms with E-state index in [1.807, 2.05) is 18.2 Å². The molecule has 0 amide bonds. The Balaban J connectivity index is 2.00. The van der Waals surface area contributed by atoms with Crippen LogP contribution in [0.5, 0.6) is 0 Å². The number of halogens is 1. The number of rotatable bonds is 4. The minimum absolute atomic E-state index is 0.292. The average molecular weight is 274 g/mol. The normalized spacial score (nSPS) is 12.4. The Morgan fingerprint density at radius 1 is 1.05 bits per heavy atom. The molecular weight excluding hydrogens is 254 g/mol. The zero-order valence-electron chi connectivity index (χ0n) is 11.7. The fourth-order valence-corrected chi connectivity index (χ4v) is 2.28. The van der Waals surface area contributed by atoms with E-state index in [0.717, 1.165) is 11.6 Å². The van der Waals surface area contributed by atoms with Crippen molar-refractivity contribution in [2.75, 3.05) is 0 Å². The van der Waals surface area contributed by atoms with Gasteiger partial charge in [-0.1, -0.05) is 41.9 Å². The van der Waals surface area contributed by atoms with E-state index in [-0.39, 0.29) is 0 Å². The van der Waals surface area contributed by atoms with Crippen LogP contribution < -0.4 is 5.32 Å². The highest BCUT2D eigenvalue weighted by molar-refractivity contribution is 6.30. The third kappa shape index (κ3) is 3.82. The predicted molar refractivity (Wildman–Crippen MR) is 82.6 cm³/mol. The molecule has 0 aromatic heterocycles. The van der Waals surface area contributed by atoms with Crippen LogP contribution in [-0.4, -0.2) is 0 Å². The molecule has 2 aromatic carbocycles. The second-order valence-corrected chi connectivity index (χ2v) is 5.51. The lowest BCUT2D eigenvalue weighted by Gasteiger charge is -2.15. The van der Waals surface area contributed by atoms with Gasteiger partial charge in [0, 0.05) is 17.6 Å². The van der Waals surface area contributed by atoms with E-state index in [1.54, 1.807) is 0 Å². The van der Waals surface area contributed by atoms with Gasteiger partial charge in [0.25, 0.3) is 0 Å². The Bertz CT molecular complexity index is 563. The van der Waals surface area contributed by atoms with Crippen molar-refractivity contribution in [3.63, 3.8) is 0 Å². The third-order valence-corrected chi connectivity index (χ3v) is 3.77. The first-order valence-electron chi connectivity index (χ1n) is 6.61. The Morgan fingerprint density at radius 3 is 2.53 bits per heavy atom. The fraction of sp³-hybridized carbons (Fsp3) is 0.294. The number of hydrogen-bond donors (Lipinski definition) is 1. The van der Waals surface area contributed by atoms with E-state index >= 15 is 0 Å². The highest BCUT2D eigenvalue weighted by Crippen LogP contribution is 2.18. The van der Waals surface area contributed by atoms with Crippen molar-refractivity contribution < 1.29 is 0 Å². The molecule has 2 rings (SSSR count). The summed E-state index contributed by atoms with van der Waals surface area (Å²) in [4.78, 5) is 0. The molecule has 0 heterocycles. The maximum atomic E-state index is 6.02. The predicted octanol–water partition coefficient (Wildman–Crippen LogP) is 4.81. The van der Waals surface area contributed by atoms with Gasteiger partial charge >= 0.3 is 0 Å². The molecule has 0 spiro atoms. The van der Waals surface area contributed by atoms with Crippen LogP contribution in [0, 0.1) is 13.8 Å². The molecule has 1 atom stereocenters. The van der Waals surface area contributed by atoms with Crippen molar-refractivity contribution in [3.8, 4) is 0 Å². The van der Waals surface area contributed by atoms with Gasteiger partial charge in [-0.05, 0) is 55.2 Å². The van der Waals surface area contributed by atoms with Crippen molar-refractivity contribution >= 4 is 11.6 Å². The first-order chi connectivity index (χ1) is 9.06. The van der Waals surface area contributed by atoms with Crippen LogP contribution in [0.4, 0.5) is 0 Å². The SMILES string of the molecule is Cc1ccc(CNC(C)c2cccc(Cl)c2)cc1C. The summed E-state index contributed by atoms with van der Waals surface area (Å²) in [5.74, 6) is 0. The summed E-state index contributed by atoms with van der Waals surface area (Å²) in [6, 6.07) is 14.9. The Morgan fingerprint density at radius 2 is 1.84 bits per heavy atom. The second kappa shape index (κ2) is 6.23. The molecule has 0 saturated carbocycles. The topological polar surface area (TPSA) is 12.0 Å². The quantitative estimate of drug-likeness (QED) is 0.843. The van der Waals surface area contributed by atoms with E-state index in [2.05, 4.69) is 50.4 Å². The van der Waals surface area contributed by atoms with Crippen LogP contribution in [0.25, 0.3) is 0 Å². The third-order valence-electron chi connectivity index (χ3n) is 3.53. The highest BCUT2D eigenvalue weighted by atomic mass is 35.5. The first kappa shape index (κ1) is 14.1. The van der Waals surface area contributed by atoms with E-state index in [0.29, 0.717) is 6.04 Å². The lowest BCUT2D eigenvalue weighted by molar-refractivity contribution is 0.574. The van der Waals surface area contributed by atoms with Crippen LogP contribution in [0.3, 0.4) is 0 Å². The molecule has 0 aliphatic carbocycles. The van der Waals surface area contributed by atoms with Gasteiger partial charge in [0.15, 0.2) is 0 Å². The summed E-state index contributed by atoms with van der Waals surface area (Å²) in [7, 11) is 0. The van der Waals surface area contributed by atoms with Gasteiger partial charge in [-0.3, -0.25) is 0 Å². The van der Waals surface area contributed by atoms with E-state index in [1.165, 1.54) is 22.3 Å². The first-order valence-corrected chi connectivity index (χ1v) is 6.99. The Labute approximate surface area is 120 Å². The summed E-state index contributed by atoms with van der Waals surface area (Å²) in [6.45, 7) is 7.32. The Kier molecular flexibility index (Phi) is 4.62. The molecule has 0 aliphatic rings. The molecule has 100 valence electrons. The summed E-state index contributed by atoms with van der Waals surface area (Å²) in [6.07, 6.45) is 0. The van der Waals surface area contributed by atoms with Crippen LogP contribution in [-0.2, 0) is 6.54 Å². The maximum absolute atomic E-state index is 6.02. The van der Waals surface area contributed by atoms with E-state index < -0.39 is 0 Å². The standard InChI is InChI=1S/C17H20ClN/c1-12-7-8-15(9-13(12)2)11-19-14(3)16-5-4-6-17(18)10-16/h4-10,14,19H,11H2,1-3H3. The van der Waals surface area contributed by atoms with Crippen molar-refractivity contribution in [1.29, 1.82) is 0 Å². The number of aryl methyl sites for hydroxylation is 2. The molecule has 2 aromatic rings. The monoisotopic (exact) mass is 273 g/mol. The minimum Gasteiger partial charge on any atom is -0.306 e. The van der Waals surface area contributed by atoms with Gasteiger partial charge < -0.3 is 5.32 Å². The van der Waals surface area contributed by atoms with Gasteiger partial charge in [-0.2, -0.15) is 0 Å². The molecule has 1 N–H and O–H groups in total. The number of nitrogens with one attached hydrogen (secondary N) is 1. The summed E-state index contributed by atoms with van der Waals surface area (Å²) in [5.41, 5.74) is 5.22. The van der Waals surface area contributed by atoms with Gasteiger partial charge in [-0.25, -0.2) is 0 Å². The zero-order valence-corrected chi connectivity index (χ0v) is 12.5. The minimum atomic E-state index is 0.292. The molecule has 2 heteroatoms. The fourth-order valence-electron chi connectivity index (χ4n) is 2.08. The summed E-state index contributed by atoms with van der Waals surface area (Å²) < 4.78 is 0. The van der Waals surface area contributed by atoms with Crippen LogP contribution in [0.2, 0.25) is 5.02 Å². The molecule has 19 heavy (non-hydrogen) atoms. The van der Waals surface area contributed by atoms with Crippen LogP contribution in [0.1, 0.15) is 35.2 Å². The second-order valence-electron chi connectivity index (χ2n) is 5.08. The van der Waals surface area contributed by atoms with Crippen LogP contribution in [0.15, 0.2) is 42.5 Å². The van der Waals surface area contributed by atoms with Gasteiger partial charge in [-0.15, -0.1) is 0 Å². The van der Waals surface area contributed by atoms with Crippen molar-refractivity contribution in [2.24, 2.45) is 0 Å². The smallest absolute Gasteiger partial charge is 0.0409 e. The molecule has 0 saturated heterocycles. The van der Waals surface area contributed by atoms with Gasteiger partial charge in [0.05, 0.1) is 0 Å². The average Bonchev–Trinajstić information content (AvgIpc) is 2.40. The number of benzene rings is 2. The lowest BCUT2D eigenvalue weighted by Crippen LogP contribution is -2.18. The molecule has 1 unspecified atom stereocenters. The van der Waals surface area contributed by atoms with E-state index in [4.69, 9.17) is 11.6 Å². The largest absolute Gasteiger partial charge is 0.306 e. The van der Waals surface area contributed by atoms with Crippen molar-refractivity contribution in [3.05, 3.63) is 69.7 Å². The van der Waals surface area contributed by atoms with Crippen molar-refractivity contribution in [1.82, 2.24) is 5.32 Å². The molecule has 0 fully saturated rings. The molecule has 0 radical (unpaired) electrons. The van der Waals surface area contributed by atoms with Crippen LogP contribution >= 0.6 is 11.6 Å². The van der Waals surface area contributed by atoms with Gasteiger partial charge in [0.1, 0.15) is 0 Å². The summed E-state index contributed by atoms with van der Waals surface area (Å²) >= 11 is 6.02. The highest BCUT2D eigenvalue weighted by Gasteiger charge is 2.05. The molecule has 1 nitrogen and oxygen atoms in total. The molecular formula is C17H20ClN. The van der Waals surface area contributed by atoms with Crippen molar-refractivity contribution in [2.45, 2.75) is 33.4 Å². The summed E-state index contributed by atoms with van der Waals surface area (Å²) in [5, 5.41) is 4.32. The number of hydrogen-bond acceptors (Lipinski definition) is 1.